The Morgan fingerprint density at radius 1 is 1.24 bits per heavy atom. The standard InChI is InChI=1S/C20H27N3O2/c1-16-13-21-17(2)19(22-16)23-11-6-9-20(14-23,15-24)10-12-25-18-7-4-3-5-8-18/h3-5,7-8,13,24H,6,9-12,14-15H2,1-2H3/t20-/m0/s1. The summed E-state index contributed by atoms with van der Waals surface area (Å²) in [5.41, 5.74) is 1.72. The molecule has 5 nitrogen and oxygen atoms in total. The fraction of sp³-hybridized carbons (Fsp3) is 0.500. The molecule has 0 amide bonds. The van der Waals surface area contributed by atoms with Gasteiger partial charge in [-0.2, -0.15) is 0 Å². The normalized spacial score (nSPS) is 20.5. The molecule has 0 spiro atoms. The number of rotatable bonds is 6. The summed E-state index contributed by atoms with van der Waals surface area (Å²) in [6.07, 6.45) is 4.68. The van der Waals surface area contributed by atoms with Gasteiger partial charge in [0.15, 0.2) is 0 Å². The lowest BCUT2D eigenvalue weighted by Gasteiger charge is -2.42. The van der Waals surface area contributed by atoms with Gasteiger partial charge in [0.2, 0.25) is 0 Å². The van der Waals surface area contributed by atoms with Gasteiger partial charge >= 0.3 is 0 Å². The molecule has 25 heavy (non-hydrogen) atoms. The monoisotopic (exact) mass is 341 g/mol. The highest BCUT2D eigenvalue weighted by molar-refractivity contribution is 5.44. The topological polar surface area (TPSA) is 58.5 Å². The van der Waals surface area contributed by atoms with Gasteiger partial charge in [0, 0.05) is 24.7 Å². The van der Waals surface area contributed by atoms with Gasteiger partial charge in [0.05, 0.1) is 24.6 Å². The summed E-state index contributed by atoms with van der Waals surface area (Å²) in [6.45, 7) is 6.49. The Bertz CT molecular complexity index is 693. The molecule has 2 heterocycles. The number of aliphatic hydroxyl groups excluding tert-OH is 1. The fourth-order valence-electron chi connectivity index (χ4n) is 3.53. The number of ether oxygens (including phenoxy) is 1. The second-order valence-corrected chi connectivity index (χ2v) is 7.02. The van der Waals surface area contributed by atoms with E-state index in [9.17, 15) is 5.11 Å². The van der Waals surface area contributed by atoms with Crippen LogP contribution in [0.1, 0.15) is 30.7 Å². The number of nitrogens with zero attached hydrogens (tertiary/aromatic N) is 3. The first kappa shape index (κ1) is 17.7. The minimum atomic E-state index is -0.148. The number of aromatic nitrogens is 2. The van der Waals surface area contributed by atoms with Crippen molar-refractivity contribution in [3.63, 3.8) is 0 Å². The van der Waals surface area contributed by atoms with Crippen LogP contribution in [-0.4, -0.2) is 41.4 Å². The van der Waals surface area contributed by atoms with Crippen molar-refractivity contribution in [3.8, 4) is 5.75 Å². The minimum Gasteiger partial charge on any atom is -0.494 e. The molecule has 5 heteroatoms. The highest BCUT2D eigenvalue weighted by Crippen LogP contribution is 2.35. The predicted molar refractivity (Wildman–Crippen MR) is 99.0 cm³/mol. The van der Waals surface area contributed by atoms with E-state index in [4.69, 9.17) is 4.74 Å². The first-order valence-corrected chi connectivity index (χ1v) is 8.96. The average molecular weight is 341 g/mol. The third kappa shape index (κ3) is 4.28. The van der Waals surface area contributed by atoms with Crippen molar-refractivity contribution in [2.24, 2.45) is 5.41 Å². The highest BCUT2D eigenvalue weighted by Gasteiger charge is 2.36. The molecule has 1 aliphatic heterocycles. The number of anilines is 1. The van der Waals surface area contributed by atoms with Gasteiger partial charge in [-0.3, -0.25) is 4.98 Å². The van der Waals surface area contributed by atoms with Crippen LogP contribution < -0.4 is 9.64 Å². The SMILES string of the molecule is Cc1cnc(C)c(N2CCC[C@](CO)(CCOc3ccccc3)C2)n1. The largest absolute Gasteiger partial charge is 0.494 e. The third-order valence-corrected chi connectivity index (χ3v) is 4.99. The molecule has 1 saturated heterocycles. The van der Waals surface area contributed by atoms with Crippen LogP contribution in [0.3, 0.4) is 0 Å². The zero-order chi connectivity index (χ0) is 17.7. The minimum absolute atomic E-state index is 0.148. The number of piperidine rings is 1. The molecular formula is C20H27N3O2. The molecule has 3 rings (SSSR count). The Morgan fingerprint density at radius 2 is 2.04 bits per heavy atom. The molecule has 1 aromatic carbocycles. The van der Waals surface area contributed by atoms with Crippen LogP contribution in [0, 0.1) is 19.3 Å². The summed E-state index contributed by atoms with van der Waals surface area (Å²) < 4.78 is 5.86. The highest BCUT2D eigenvalue weighted by atomic mass is 16.5. The lowest BCUT2D eigenvalue weighted by atomic mass is 9.78. The quantitative estimate of drug-likeness (QED) is 0.875. The average Bonchev–Trinajstić information content (AvgIpc) is 2.65. The molecule has 1 aromatic heterocycles. The molecule has 1 aliphatic rings. The Morgan fingerprint density at radius 3 is 2.80 bits per heavy atom. The smallest absolute Gasteiger partial charge is 0.150 e. The number of benzene rings is 1. The first-order valence-electron chi connectivity index (χ1n) is 8.96. The summed E-state index contributed by atoms with van der Waals surface area (Å²) in [6, 6.07) is 9.85. The molecule has 0 aliphatic carbocycles. The van der Waals surface area contributed by atoms with Gasteiger partial charge in [-0.1, -0.05) is 18.2 Å². The predicted octanol–water partition coefficient (Wildman–Crippen LogP) is 3.14. The third-order valence-electron chi connectivity index (χ3n) is 4.99. The molecule has 0 bridgehead atoms. The fourth-order valence-corrected chi connectivity index (χ4v) is 3.53. The summed E-state index contributed by atoms with van der Waals surface area (Å²) in [5, 5.41) is 10.1. The molecule has 134 valence electrons. The Kier molecular flexibility index (Phi) is 5.53. The zero-order valence-electron chi connectivity index (χ0n) is 15.1. The van der Waals surface area contributed by atoms with Crippen LogP contribution in [0.4, 0.5) is 5.82 Å². The summed E-state index contributed by atoms with van der Waals surface area (Å²) in [4.78, 5) is 11.4. The Hall–Kier alpha value is -2.14. The van der Waals surface area contributed by atoms with E-state index in [0.717, 1.165) is 55.3 Å². The number of hydrogen-bond donors (Lipinski definition) is 1. The van der Waals surface area contributed by atoms with Crippen LogP contribution in [-0.2, 0) is 0 Å². The van der Waals surface area contributed by atoms with Crippen LogP contribution in [0.25, 0.3) is 0 Å². The maximum absolute atomic E-state index is 10.1. The number of para-hydroxylation sites is 1. The molecular weight excluding hydrogens is 314 g/mol. The zero-order valence-corrected chi connectivity index (χ0v) is 15.1. The molecule has 1 atom stereocenters. The molecule has 1 fully saturated rings. The first-order chi connectivity index (χ1) is 12.1. The van der Waals surface area contributed by atoms with Crippen molar-refractivity contribution in [1.29, 1.82) is 0 Å². The van der Waals surface area contributed by atoms with Gasteiger partial charge in [-0.15, -0.1) is 0 Å². The lowest BCUT2D eigenvalue weighted by molar-refractivity contribution is 0.0791. The van der Waals surface area contributed by atoms with Crippen LogP contribution in [0.2, 0.25) is 0 Å². The van der Waals surface area contributed by atoms with E-state index in [1.165, 1.54) is 0 Å². The molecule has 1 N–H and O–H groups in total. The van der Waals surface area contributed by atoms with Crippen molar-refractivity contribution in [2.75, 3.05) is 31.2 Å². The van der Waals surface area contributed by atoms with Gasteiger partial charge in [-0.05, 0) is 45.2 Å². The molecule has 0 unspecified atom stereocenters. The maximum Gasteiger partial charge on any atom is 0.150 e. The van der Waals surface area contributed by atoms with Crippen molar-refractivity contribution in [3.05, 3.63) is 47.9 Å². The van der Waals surface area contributed by atoms with E-state index in [2.05, 4.69) is 14.9 Å². The molecule has 0 saturated carbocycles. The van der Waals surface area contributed by atoms with Crippen LogP contribution >= 0.6 is 0 Å². The molecule has 0 radical (unpaired) electrons. The summed E-state index contributed by atoms with van der Waals surface area (Å²) in [7, 11) is 0. The van der Waals surface area contributed by atoms with Crippen LogP contribution in [0.15, 0.2) is 36.5 Å². The van der Waals surface area contributed by atoms with Crippen molar-refractivity contribution < 1.29 is 9.84 Å². The second-order valence-electron chi connectivity index (χ2n) is 7.02. The van der Waals surface area contributed by atoms with Crippen molar-refractivity contribution in [2.45, 2.75) is 33.1 Å². The van der Waals surface area contributed by atoms with Gasteiger partial charge < -0.3 is 14.7 Å². The summed E-state index contributed by atoms with van der Waals surface area (Å²) >= 11 is 0. The van der Waals surface area contributed by atoms with Gasteiger partial charge in [0.25, 0.3) is 0 Å². The lowest BCUT2D eigenvalue weighted by Crippen LogP contribution is -2.47. The van der Waals surface area contributed by atoms with E-state index in [1.807, 2.05) is 44.2 Å². The summed E-state index contributed by atoms with van der Waals surface area (Å²) in [5.74, 6) is 1.82. The number of aliphatic hydroxyl groups is 1. The Balaban J connectivity index is 1.67. The molecule has 2 aromatic rings. The van der Waals surface area contributed by atoms with Crippen molar-refractivity contribution in [1.82, 2.24) is 9.97 Å². The van der Waals surface area contributed by atoms with Crippen molar-refractivity contribution >= 4 is 5.82 Å². The van der Waals surface area contributed by atoms with Gasteiger partial charge in [-0.25, -0.2) is 4.98 Å². The number of aryl methyl sites for hydroxylation is 2. The van der Waals surface area contributed by atoms with E-state index in [0.29, 0.717) is 6.61 Å². The van der Waals surface area contributed by atoms with Gasteiger partial charge in [0.1, 0.15) is 11.6 Å². The van der Waals surface area contributed by atoms with Crippen LogP contribution in [0.5, 0.6) is 5.75 Å². The van der Waals surface area contributed by atoms with E-state index < -0.39 is 0 Å². The van der Waals surface area contributed by atoms with E-state index in [1.54, 1.807) is 6.20 Å². The number of hydrogen-bond acceptors (Lipinski definition) is 5. The Labute approximate surface area is 149 Å². The van der Waals surface area contributed by atoms with E-state index in [-0.39, 0.29) is 12.0 Å². The maximum atomic E-state index is 10.1. The van der Waals surface area contributed by atoms with E-state index >= 15 is 0 Å². The second kappa shape index (κ2) is 7.83.